The molecular formula is C14H18CdO4. The molecule has 0 fully saturated rings. The SMILES string of the molecule is O=C([O-])C1C=CCCC1.O=C([O-])C1C=CCCC1.[Cd+2]. The predicted octanol–water partition coefficient (Wildman–Crippen LogP) is 0.183. The zero-order valence-electron chi connectivity index (χ0n) is 11.0. The van der Waals surface area contributed by atoms with E-state index in [9.17, 15) is 19.8 Å². The topological polar surface area (TPSA) is 80.3 Å². The van der Waals surface area contributed by atoms with Crippen LogP contribution in [0.2, 0.25) is 0 Å². The van der Waals surface area contributed by atoms with Crippen LogP contribution in [0.25, 0.3) is 0 Å². The molecule has 0 bridgehead atoms. The van der Waals surface area contributed by atoms with Gasteiger partial charge < -0.3 is 19.8 Å². The molecule has 2 aliphatic carbocycles. The zero-order valence-corrected chi connectivity index (χ0v) is 15.1. The second kappa shape index (κ2) is 10.2. The van der Waals surface area contributed by atoms with E-state index in [0.717, 1.165) is 38.5 Å². The minimum absolute atomic E-state index is 0. The van der Waals surface area contributed by atoms with Gasteiger partial charge in [-0.1, -0.05) is 24.3 Å². The van der Waals surface area contributed by atoms with Crippen molar-refractivity contribution in [3.05, 3.63) is 24.3 Å². The van der Waals surface area contributed by atoms with Crippen molar-refractivity contribution < 1.29 is 47.1 Å². The van der Waals surface area contributed by atoms with Crippen LogP contribution in [0.15, 0.2) is 24.3 Å². The Kier molecular flexibility index (Phi) is 9.82. The molecule has 0 spiro atoms. The molecule has 2 unspecified atom stereocenters. The number of allylic oxidation sites excluding steroid dienone is 2. The maximum absolute atomic E-state index is 10.2. The summed E-state index contributed by atoms with van der Waals surface area (Å²) in [7, 11) is 0. The third kappa shape index (κ3) is 7.49. The first-order valence-electron chi connectivity index (χ1n) is 6.36. The Morgan fingerprint density at radius 3 is 1.37 bits per heavy atom. The molecule has 0 saturated carbocycles. The van der Waals surface area contributed by atoms with Crippen molar-refractivity contribution >= 4 is 11.9 Å². The van der Waals surface area contributed by atoms with E-state index in [0.29, 0.717) is 0 Å². The van der Waals surface area contributed by atoms with Gasteiger partial charge in [-0.05, 0) is 38.5 Å². The molecule has 0 aliphatic heterocycles. The Hall–Kier alpha value is -0.658. The van der Waals surface area contributed by atoms with Crippen molar-refractivity contribution in [1.29, 1.82) is 0 Å². The van der Waals surface area contributed by atoms with E-state index in [1.54, 1.807) is 12.2 Å². The van der Waals surface area contributed by atoms with Crippen molar-refractivity contribution in [2.75, 3.05) is 0 Å². The number of carbonyl (C=O) groups is 2. The molecule has 0 radical (unpaired) electrons. The fourth-order valence-corrected chi connectivity index (χ4v) is 2.02. The van der Waals surface area contributed by atoms with Crippen LogP contribution in [0.3, 0.4) is 0 Å². The van der Waals surface area contributed by atoms with E-state index in [1.165, 1.54) is 0 Å². The number of carbonyl (C=O) groups excluding carboxylic acids is 2. The maximum atomic E-state index is 10.2. The first-order valence-corrected chi connectivity index (χ1v) is 6.36. The van der Waals surface area contributed by atoms with Gasteiger partial charge in [0.15, 0.2) is 0 Å². The van der Waals surface area contributed by atoms with Gasteiger partial charge in [0.25, 0.3) is 0 Å². The van der Waals surface area contributed by atoms with Gasteiger partial charge >= 0.3 is 27.3 Å². The van der Waals surface area contributed by atoms with E-state index < -0.39 is 11.9 Å². The Labute approximate surface area is 133 Å². The summed E-state index contributed by atoms with van der Waals surface area (Å²) >= 11 is 0. The first-order chi connectivity index (χ1) is 8.61. The van der Waals surface area contributed by atoms with Crippen molar-refractivity contribution in [1.82, 2.24) is 0 Å². The molecule has 2 aliphatic rings. The number of hydrogen-bond acceptors (Lipinski definition) is 4. The van der Waals surface area contributed by atoms with E-state index >= 15 is 0 Å². The van der Waals surface area contributed by atoms with E-state index in [2.05, 4.69) is 0 Å². The van der Waals surface area contributed by atoms with Gasteiger partial charge in [-0.2, -0.15) is 0 Å². The molecule has 0 N–H and O–H groups in total. The van der Waals surface area contributed by atoms with Crippen LogP contribution >= 0.6 is 0 Å². The van der Waals surface area contributed by atoms with Crippen LogP contribution in [-0.4, -0.2) is 11.9 Å². The summed E-state index contributed by atoms with van der Waals surface area (Å²) in [6, 6.07) is 0. The average molecular weight is 363 g/mol. The molecule has 4 nitrogen and oxygen atoms in total. The van der Waals surface area contributed by atoms with E-state index in [1.807, 2.05) is 12.2 Å². The van der Waals surface area contributed by atoms with Crippen LogP contribution < -0.4 is 10.2 Å². The molecule has 100 valence electrons. The fourth-order valence-electron chi connectivity index (χ4n) is 2.02. The number of rotatable bonds is 2. The van der Waals surface area contributed by atoms with E-state index in [4.69, 9.17) is 0 Å². The first kappa shape index (κ1) is 18.3. The number of carboxylic acids is 2. The molecule has 5 heteroatoms. The Morgan fingerprint density at radius 2 is 1.21 bits per heavy atom. The summed E-state index contributed by atoms with van der Waals surface area (Å²) in [5.41, 5.74) is 0. The molecule has 2 rings (SSSR count). The monoisotopic (exact) mass is 364 g/mol. The Morgan fingerprint density at radius 1 is 0.842 bits per heavy atom. The summed E-state index contributed by atoms with van der Waals surface area (Å²) in [5, 5.41) is 20.4. The van der Waals surface area contributed by atoms with Gasteiger partial charge in [0.05, 0.1) is 0 Å². The van der Waals surface area contributed by atoms with Gasteiger partial charge in [-0.25, -0.2) is 0 Å². The van der Waals surface area contributed by atoms with Crippen LogP contribution in [-0.2, 0) is 36.9 Å². The van der Waals surface area contributed by atoms with Crippen molar-refractivity contribution in [3.63, 3.8) is 0 Å². The molecule has 0 aromatic carbocycles. The summed E-state index contributed by atoms with van der Waals surface area (Å²) in [5.74, 6) is -2.52. The minimum atomic E-state index is -0.939. The van der Waals surface area contributed by atoms with Gasteiger partial charge in [-0.15, -0.1) is 0 Å². The second-order valence-corrected chi connectivity index (χ2v) is 4.57. The predicted molar refractivity (Wildman–Crippen MR) is 63.0 cm³/mol. The number of aliphatic carboxylic acids is 2. The third-order valence-electron chi connectivity index (χ3n) is 3.11. The van der Waals surface area contributed by atoms with Gasteiger partial charge in [0.1, 0.15) is 0 Å². The molecule has 2 atom stereocenters. The maximum Gasteiger partial charge on any atom is 2.00 e. The molecule has 0 aromatic rings. The number of carboxylic acid groups (broad SMARTS) is 2. The average Bonchev–Trinajstić information content (AvgIpc) is 2.41. The standard InChI is InChI=1S/2C7H10O2.Cd/c2*8-7(9)6-4-2-1-3-5-6;/h2*2,4,6H,1,3,5H2,(H,8,9);/q;;+2/p-2. The van der Waals surface area contributed by atoms with Crippen molar-refractivity contribution in [3.8, 4) is 0 Å². The summed E-state index contributed by atoms with van der Waals surface area (Å²) in [4.78, 5) is 20.4. The van der Waals surface area contributed by atoms with E-state index in [-0.39, 0.29) is 39.1 Å². The minimum Gasteiger partial charge on any atom is -0.550 e. The van der Waals surface area contributed by atoms with Crippen molar-refractivity contribution in [2.24, 2.45) is 11.8 Å². The molecule has 0 amide bonds. The largest absolute Gasteiger partial charge is 2.00 e. The molecule has 0 heterocycles. The van der Waals surface area contributed by atoms with Crippen LogP contribution in [0.4, 0.5) is 0 Å². The van der Waals surface area contributed by atoms with Crippen LogP contribution in [0.5, 0.6) is 0 Å². The Bertz CT molecular complexity index is 315. The second-order valence-electron chi connectivity index (χ2n) is 4.57. The quantitative estimate of drug-likeness (QED) is 0.518. The third-order valence-corrected chi connectivity index (χ3v) is 3.11. The molecular weight excluding hydrogens is 345 g/mol. The van der Waals surface area contributed by atoms with Gasteiger partial charge in [0, 0.05) is 23.8 Å². The van der Waals surface area contributed by atoms with Gasteiger partial charge in [0.2, 0.25) is 0 Å². The van der Waals surface area contributed by atoms with Crippen molar-refractivity contribution in [2.45, 2.75) is 38.5 Å². The molecule has 19 heavy (non-hydrogen) atoms. The van der Waals surface area contributed by atoms with Gasteiger partial charge in [-0.3, -0.25) is 0 Å². The molecule has 0 aromatic heterocycles. The zero-order chi connectivity index (χ0) is 13.4. The normalized spacial score (nSPS) is 24.6. The van der Waals surface area contributed by atoms with Crippen LogP contribution in [0, 0.1) is 11.8 Å². The van der Waals surface area contributed by atoms with Crippen LogP contribution in [0.1, 0.15) is 38.5 Å². The summed E-state index contributed by atoms with van der Waals surface area (Å²) < 4.78 is 0. The Balaban J connectivity index is 0.000000324. The molecule has 0 saturated heterocycles. The summed E-state index contributed by atoms with van der Waals surface area (Å²) in [6.45, 7) is 0. The smallest absolute Gasteiger partial charge is 0.550 e. The number of hydrogen-bond donors (Lipinski definition) is 0. The fraction of sp³-hybridized carbons (Fsp3) is 0.571. The summed E-state index contributed by atoms with van der Waals surface area (Å²) in [6.07, 6.45) is 12.8.